The molecule has 0 aromatic heterocycles. The molecule has 0 N–H and O–H groups in total. The molecular weight excluding hydrogens is 186 g/mol. The van der Waals surface area contributed by atoms with E-state index in [1.54, 1.807) is 0 Å². The van der Waals surface area contributed by atoms with Crippen LogP contribution >= 0.6 is 0 Å². The van der Waals surface area contributed by atoms with E-state index in [-0.39, 0.29) is 0 Å². The van der Waals surface area contributed by atoms with E-state index in [2.05, 4.69) is 27.7 Å². The summed E-state index contributed by atoms with van der Waals surface area (Å²) in [5.74, 6) is 0.787. The molecule has 2 heteroatoms. The highest BCUT2D eigenvalue weighted by atomic mass is 16.2. The lowest BCUT2D eigenvalue weighted by Gasteiger charge is -2.25. The predicted molar refractivity (Wildman–Crippen MR) is 65.8 cm³/mol. The molecule has 0 aromatic rings. The quantitative estimate of drug-likeness (QED) is 0.686. The third kappa shape index (κ3) is 6.53. The van der Waals surface area contributed by atoms with Gasteiger partial charge in [0.15, 0.2) is 0 Å². The maximum absolute atomic E-state index is 11.8. The molecule has 0 saturated heterocycles. The van der Waals surface area contributed by atoms with Gasteiger partial charge in [0.1, 0.15) is 0 Å². The standard InChI is InChI=1S/C13H27NO/c1-7-14(8-2)12(15)9-11(3)10-13(4,5)6/h11H,7-10H2,1-6H3. The van der Waals surface area contributed by atoms with Crippen molar-refractivity contribution < 1.29 is 4.79 Å². The minimum atomic E-state index is 0.303. The van der Waals surface area contributed by atoms with Crippen molar-refractivity contribution in [2.24, 2.45) is 11.3 Å². The summed E-state index contributed by atoms with van der Waals surface area (Å²) >= 11 is 0. The highest BCUT2D eigenvalue weighted by Crippen LogP contribution is 2.26. The zero-order valence-electron chi connectivity index (χ0n) is 11.3. The molecule has 0 spiro atoms. The van der Waals surface area contributed by atoms with Gasteiger partial charge >= 0.3 is 0 Å². The van der Waals surface area contributed by atoms with Gasteiger partial charge in [0.05, 0.1) is 0 Å². The zero-order valence-corrected chi connectivity index (χ0v) is 11.3. The molecule has 0 radical (unpaired) electrons. The smallest absolute Gasteiger partial charge is 0.222 e. The zero-order chi connectivity index (χ0) is 12.1. The fraction of sp³-hybridized carbons (Fsp3) is 0.923. The lowest BCUT2D eigenvalue weighted by atomic mass is 9.84. The monoisotopic (exact) mass is 213 g/mol. The summed E-state index contributed by atoms with van der Waals surface area (Å²) in [6, 6.07) is 0. The maximum Gasteiger partial charge on any atom is 0.222 e. The lowest BCUT2D eigenvalue weighted by Crippen LogP contribution is -2.32. The van der Waals surface area contributed by atoms with E-state index < -0.39 is 0 Å². The average Bonchev–Trinajstić information content (AvgIpc) is 2.02. The summed E-state index contributed by atoms with van der Waals surface area (Å²) < 4.78 is 0. The van der Waals surface area contributed by atoms with Gasteiger partial charge in [0.25, 0.3) is 0 Å². The summed E-state index contributed by atoms with van der Waals surface area (Å²) in [5.41, 5.74) is 0.322. The number of nitrogens with zero attached hydrogens (tertiary/aromatic N) is 1. The van der Waals surface area contributed by atoms with Crippen LogP contribution < -0.4 is 0 Å². The van der Waals surface area contributed by atoms with Crippen LogP contribution in [0.15, 0.2) is 0 Å². The molecule has 0 rings (SSSR count). The number of rotatable bonds is 5. The Bertz CT molecular complexity index is 189. The van der Waals surface area contributed by atoms with Crippen LogP contribution in [-0.2, 0) is 4.79 Å². The van der Waals surface area contributed by atoms with E-state index in [9.17, 15) is 4.79 Å². The van der Waals surface area contributed by atoms with Gasteiger partial charge in [-0.1, -0.05) is 27.7 Å². The molecule has 0 saturated carbocycles. The Morgan fingerprint density at radius 2 is 1.67 bits per heavy atom. The molecule has 15 heavy (non-hydrogen) atoms. The molecule has 0 aliphatic heterocycles. The normalized spacial score (nSPS) is 13.7. The molecule has 1 atom stereocenters. The van der Waals surface area contributed by atoms with Crippen molar-refractivity contribution in [1.82, 2.24) is 4.90 Å². The Morgan fingerprint density at radius 1 is 1.20 bits per heavy atom. The second-order valence-corrected chi connectivity index (χ2v) is 5.64. The number of hydrogen-bond donors (Lipinski definition) is 0. The minimum Gasteiger partial charge on any atom is -0.343 e. The van der Waals surface area contributed by atoms with Crippen LogP contribution in [0.2, 0.25) is 0 Å². The van der Waals surface area contributed by atoms with Gasteiger partial charge in [-0.05, 0) is 31.6 Å². The summed E-state index contributed by atoms with van der Waals surface area (Å²) in [4.78, 5) is 13.7. The summed E-state index contributed by atoms with van der Waals surface area (Å²) in [5, 5.41) is 0. The average molecular weight is 213 g/mol. The molecule has 0 aromatic carbocycles. The van der Waals surface area contributed by atoms with Crippen molar-refractivity contribution in [3.63, 3.8) is 0 Å². The second kappa shape index (κ2) is 6.14. The minimum absolute atomic E-state index is 0.303. The van der Waals surface area contributed by atoms with E-state index in [0.717, 1.165) is 19.5 Å². The summed E-state index contributed by atoms with van der Waals surface area (Å²) in [7, 11) is 0. The van der Waals surface area contributed by atoms with Crippen molar-refractivity contribution in [2.45, 2.75) is 54.4 Å². The molecule has 0 fully saturated rings. The molecular formula is C13H27NO. The van der Waals surface area contributed by atoms with Gasteiger partial charge in [-0.3, -0.25) is 4.79 Å². The molecule has 0 bridgehead atoms. The second-order valence-electron chi connectivity index (χ2n) is 5.64. The molecule has 0 aliphatic carbocycles. The predicted octanol–water partition coefficient (Wildman–Crippen LogP) is 3.32. The van der Waals surface area contributed by atoms with E-state index in [0.29, 0.717) is 23.7 Å². The van der Waals surface area contributed by atoms with Crippen molar-refractivity contribution in [2.75, 3.05) is 13.1 Å². The van der Waals surface area contributed by atoms with E-state index in [1.807, 2.05) is 18.7 Å². The highest BCUT2D eigenvalue weighted by molar-refractivity contribution is 5.76. The van der Waals surface area contributed by atoms with E-state index in [1.165, 1.54) is 0 Å². The van der Waals surface area contributed by atoms with Gasteiger partial charge < -0.3 is 4.90 Å². The van der Waals surface area contributed by atoms with E-state index >= 15 is 0 Å². The largest absolute Gasteiger partial charge is 0.343 e. The highest BCUT2D eigenvalue weighted by Gasteiger charge is 2.19. The van der Waals surface area contributed by atoms with Crippen LogP contribution in [0.1, 0.15) is 54.4 Å². The third-order valence-corrected chi connectivity index (χ3v) is 2.60. The summed E-state index contributed by atoms with van der Waals surface area (Å²) in [6.45, 7) is 14.6. The van der Waals surface area contributed by atoms with Crippen LogP contribution in [0.25, 0.3) is 0 Å². The fourth-order valence-electron chi connectivity index (χ4n) is 2.12. The van der Waals surface area contributed by atoms with Crippen LogP contribution in [-0.4, -0.2) is 23.9 Å². The molecule has 1 amide bonds. The lowest BCUT2D eigenvalue weighted by molar-refractivity contribution is -0.131. The van der Waals surface area contributed by atoms with Crippen LogP contribution in [0, 0.1) is 11.3 Å². The Balaban J connectivity index is 4.06. The molecule has 1 unspecified atom stereocenters. The molecule has 2 nitrogen and oxygen atoms in total. The topological polar surface area (TPSA) is 20.3 Å². The maximum atomic E-state index is 11.8. The first-order valence-corrected chi connectivity index (χ1v) is 6.08. The number of amides is 1. The van der Waals surface area contributed by atoms with Crippen LogP contribution in [0.4, 0.5) is 0 Å². The molecule has 90 valence electrons. The third-order valence-electron chi connectivity index (χ3n) is 2.60. The van der Waals surface area contributed by atoms with Gasteiger partial charge in [-0.25, -0.2) is 0 Å². The molecule has 0 heterocycles. The van der Waals surface area contributed by atoms with E-state index in [4.69, 9.17) is 0 Å². The van der Waals surface area contributed by atoms with Crippen molar-refractivity contribution >= 4 is 5.91 Å². The Kier molecular flexibility index (Phi) is 5.92. The van der Waals surface area contributed by atoms with Gasteiger partial charge in [-0.15, -0.1) is 0 Å². The van der Waals surface area contributed by atoms with Crippen molar-refractivity contribution in [3.05, 3.63) is 0 Å². The Labute approximate surface area is 95.0 Å². The SMILES string of the molecule is CCN(CC)C(=O)CC(C)CC(C)(C)C. The van der Waals surface area contributed by atoms with Gasteiger partial charge in [0.2, 0.25) is 5.91 Å². The van der Waals surface area contributed by atoms with Crippen molar-refractivity contribution in [1.29, 1.82) is 0 Å². The molecule has 0 aliphatic rings. The van der Waals surface area contributed by atoms with Crippen molar-refractivity contribution in [3.8, 4) is 0 Å². The summed E-state index contributed by atoms with van der Waals surface area (Å²) in [6.07, 6.45) is 1.80. The van der Waals surface area contributed by atoms with Crippen LogP contribution in [0.5, 0.6) is 0 Å². The van der Waals surface area contributed by atoms with Crippen LogP contribution in [0.3, 0.4) is 0 Å². The number of carbonyl (C=O) groups is 1. The first kappa shape index (κ1) is 14.5. The number of hydrogen-bond acceptors (Lipinski definition) is 1. The fourth-order valence-corrected chi connectivity index (χ4v) is 2.12. The van der Waals surface area contributed by atoms with Gasteiger partial charge in [-0.2, -0.15) is 0 Å². The Hall–Kier alpha value is -0.530. The van der Waals surface area contributed by atoms with Gasteiger partial charge in [0, 0.05) is 19.5 Å². The Morgan fingerprint density at radius 3 is 2.00 bits per heavy atom. The number of carbonyl (C=O) groups excluding carboxylic acids is 1. The first-order chi connectivity index (χ1) is 6.80. The first-order valence-electron chi connectivity index (χ1n) is 6.08.